The van der Waals surface area contributed by atoms with E-state index < -0.39 is 27.9 Å². The Balaban J connectivity index is 2.12. The molecule has 9 nitrogen and oxygen atoms in total. The van der Waals surface area contributed by atoms with Crippen LogP contribution in [0.5, 0.6) is 0 Å². The number of methoxy groups -OCH3 is 1. The Labute approximate surface area is 171 Å². The van der Waals surface area contributed by atoms with Crippen molar-refractivity contribution in [3.8, 4) is 0 Å². The highest BCUT2D eigenvalue weighted by molar-refractivity contribution is 8.01. The molecule has 1 heterocycles. The monoisotopic (exact) mass is 444 g/mol. The molecule has 1 N–H and O–H groups in total. The van der Waals surface area contributed by atoms with Crippen LogP contribution in [0.2, 0.25) is 0 Å². The van der Waals surface area contributed by atoms with Crippen LogP contribution in [0.15, 0.2) is 28.6 Å². The number of anilines is 2. The number of benzene rings is 1. The van der Waals surface area contributed by atoms with E-state index in [1.807, 2.05) is 6.92 Å². The lowest BCUT2D eigenvalue weighted by Crippen LogP contribution is -2.45. The summed E-state index contributed by atoms with van der Waals surface area (Å²) in [7, 11) is -2.41. The smallest absolute Gasteiger partial charge is 0.316 e. The minimum atomic E-state index is -3.70. The molecule has 1 aromatic heterocycles. The van der Waals surface area contributed by atoms with E-state index in [0.717, 1.165) is 39.2 Å². The average Bonchev–Trinajstić information content (AvgIpc) is 3.07. The van der Waals surface area contributed by atoms with Crippen molar-refractivity contribution in [3.05, 3.63) is 29.8 Å². The number of amides is 1. The Morgan fingerprint density at radius 1 is 1.29 bits per heavy atom. The number of ether oxygens (including phenoxy) is 1. The van der Waals surface area contributed by atoms with Crippen LogP contribution < -0.4 is 9.62 Å². The van der Waals surface area contributed by atoms with Gasteiger partial charge in [-0.05, 0) is 26.0 Å². The first kappa shape index (κ1) is 22.1. The molecule has 0 saturated heterocycles. The van der Waals surface area contributed by atoms with Gasteiger partial charge in [0.2, 0.25) is 21.1 Å². The van der Waals surface area contributed by atoms with Crippen LogP contribution in [0.4, 0.5) is 10.8 Å². The molecule has 0 spiro atoms. The predicted octanol–water partition coefficient (Wildman–Crippen LogP) is 1.90. The molecule has 0 fully saturated rings. The average molecular weight is 445 g/mol. The quantitative estimate of drug-likeness (QED) is 0.373. The zero-order valence-corrected chi connectivity index (χ0v) is 18.2. The molecule has 0 bridgehead atoms. The van der Waals surface area contributed by atoms with Crippen LogP contribution in [-0.2, 0) is 24.3 Å². The molecule has 2 aromatic rings. The number of sulfonamides is 1. The van der Waals surface area contributed by atoms with Gasteiger partial charge in [0.1, 0.15) is 6.04 Å². The number of aryl methyl sites for hydroxylation is 1. The third-order valence-electron chi connectivity index (χ3n) is 3.55. The Bertz CT molecular complexity index is 943. The fourth-order valence-corrected chi connectivity index (χ4v) is 4.97. The molecule has 1 aromatic carbocycles. The molecule has 12 heteroatoms. The summed E-state index contributed by atoms with van der Waals surface area (Å²) in [5.74, 6) is -0.877. The molecule has 0 aliphatic heterocycles. The summed E-state index contributed by atoms with van der Waals surface area (Å²) in [5, 5.41) is 10.5. The summed E-state index contributed by atoms with van der Waals surface area (Å²) in [6.07, 6.45) is 1.04. The number of thioether (sulfide) groups is 1. The van der Waals surface area contributed by atoms with Gasteiger partial charge < -0.3 is 4.74 Å². The first-order chi connectivity index (χ1) is 13.1. The van der Waals surface area contributed by atoms with Gasteiger partial charge in [-0.1, -0.05) is 40.8 Å². The zero-order valence-electron chi connectivity index (χ0n) is 15.7. The van der Waals surface area contributed by atoms with E-state index in [9.17, 15) is 18.0 Å². The van der Waals surface area contributed by atoms with Crippen LogP contribution >= 0.6 is 23.1 Å². The van der Waals surface area contributed by atoms with Gasteiger partial charge in [0.15, 0.2) is 4.34 Å². The predicted molar refractivity (Wildman–Crippen MR) is 109 cm³/mol. The van der Waals surface area contributed by atoms with Crippen LogP contribution in [0, 0.1) is 6.92 Å². The molecule has 28 heavy (non-hydrogen) atoms. The van der Waals surface area contributed by atoms with Crippen molar-refractivity contribution in [3.63, 3.8) is 0 Å². The van der Waals surface area contributed by atoms with Crippen LogP contribution in [-0.4, -0.2) is 55.7 Å². The van der Waals surface area contributed by atoms with Gasteiger partial charge >= 0.3 is 5.97 Å². The fourth-order valence-electron chi connectivity index (χ4n) is 2.21. The van der Waals surface area contributed by atoms with Crippen molar-refractivity contribution < 1.29 is 22.7 Å². The SMILES string of the molecule is COC(=O)CSc1nnc(NC(=O)C(C)N(c2ccc(C)cc2)S(C)(=O)=O)s1. The number of carbonyl (C=O) groups is 2. The third-order valence-corrected chi connectivity index (χ3v) is 6.74. The van der Waals surface area contributed by atoms with E-state index in [1.165, 1.54) is 14.0 Å². The van der Waals surface area contributed by atoms with Gasteiger partial charge in [-0.25, -0.2) is 8.42 Å². The van der Waals surface area contributed by atoms with E-state index in [-0.39, 0.29) is 10.9 Å². The molecule has 152 valence electrons. The van der Waals surface area contributed by atoms with E-state index in [0.29, 0.717) is 10.0 Å². The summed E-state index contributed by atoms with van der Waals surface area (Å²) in [6, 6.07) is 5.83. The summed E-state index contributed by atoms with van der Waals surface area (Å²) in [5.41, 5.74) is 1.36. The number of esters is 1. The lowest BCUT2D eigenvalue weighted by Gasteiger charge is -2.27. The second-order valence-corrected chi connectivity index (χ2v) is 9.86. The highest BCUT2D eigenvalue weighted by atomic mass is 32.2. The van der Waals surface area contributed by atoms with Gasteiger partial charge in [0.25, 0.3) is 0 Å². The van der Waals surface area contributed by atoms with Crippen LogP contribution in [0.25, 0.3) is 0 Å². The van der Waals surface area contributed by atoms with Crippen molar-refractivity contribution in [1.29, 1.82) is 0 Å². The molecule has 0 aliphatic carbocycles. The maximum absolute atomic E-state index is 12.6. The molecular formula is C16H20N4O5S3. The molecule has 1 amide bonds. The molecule has 0 radical (unpaired) electrons. The Morgan fingerprint density at radius 3 is 2.50 bits per heavy atom. The van der Waals surface area contributed by atoms with Gasteiger partial charge in [-0.15, -0.1) is 10.2 Å². The van der Waals surface area contributed by atoms with Crippen molar-refractivity contribution in [2.24, 2.45) is 0 Å². The van der Waals surface area contributed by atoms with E-state index in [4.69, 9.17) is 0 Å². The maximum Gasteiger partial charge on any atom is 0.316 e. The number of carbonyl (C=O) groups excluding carboxylic acids is 2. The van der Waals surface area contributed by atoms with Crippen molar-refractivity contribution in [1.82, 2.24) is 10.2 Å². The Morgan fingerprint density at radius 2 is 1.93 bits per heavy atom. The lowest BCUT2D eigenvalue weighted by atomic mass is 10.2. The topological polar surface area (TPSA) is 119 Å². The first-order valence-corrected chi connectivity index (χ1v) is 11.7. The van der Waals surface area contributed by atoms with Crippen LogP contribution in [0.3, 0.4) is 0 Å². The minimum absolute atomic E-state index is 0.0742. The minimum Gasteiger partial charge on any atom is -0.468 e. The third kappa shape index (κ3) is 5.91. The second-order valence-electron chi connectivity index (χ2n) is 5.80. The molecule has 1 atom stereocenters. The second kappa shape index (κ2) is 9.34. The molecule has 0 aliphatic rings. The highest BCUT2D eigenvalue weighted by Crippen LogP contribution is 2.26. The fraction of sp³-hybridized carbons (Fsp3) is 0.375. The van der Waals surface area contributed by atoms with Crippen LogP contribution in [0.1, 0.15) is 12.5 Å². The number of aromatic nitrogens is 2. The number of nitrogens with one attached hydrogen (secondary N) is 1. The van der Waals surface area contributed by atoms with Gasteiger partial charge in [0.05, 0.1) is 24.8 Å². The van der Waals surface area contributed by atoms with Gasteiger partial charge in [-0.2, -0.15) is 0 Å². The van der Waals surface area contributed by atoms with E-state index >= 15 is 0 Å². The molecule has 1 unspecified atom stereocenters. The largest absolute Gasteiger partial charge is 0.468 e. The van der Waals surface area contributed by atoms with E-state index in [2.05, 4.69) is 20.3 Å². The lowest BCUT2D eigenvalue weighted by molar-refractivity contribution is -0.137. The first-order valence-electron chi connectivity index (χ1n) is 8.02. The Kier molecular flexibility index (Phi) is 7.38. The summed E-state index contributed by atoms with van der Waals surface area (Å²) < 4.78 is 30.6. The summed E-state index contributed by atoms with van der Waals surface area (Å²) in [4.78, 5) is 23.8. The number of nitrogens with zero attached hydrogens (tertiary/aromatic N) is 3. The van der Waals surface area contributed by atoms with Gasteiger partial charge in [-0.3, -0.25) is 19.2 Å². The summed E-state index contributed by atoms with van der Waals surface area (Å²) >= 11 is 2.21. The maximum atomic E-state index is 12.6. The van der Waals surface area contributed by atoms with Crippen molar-refractivity contribution >= 4 is 55.8 Å². The summed E-state index contributed by atoms with van der Waals surface area (Å²) in [6.45, 7) is 3.38. The number of hydrogen-bond donors (Lipinski definition) is 1. The highest BCUT2D eigenvalue weighted by Gasteiger charge is 2.29. The molecule has 2 rings (SSSR count). The normalized spacial score (nSPS) is 12.3. The Hall–Kier alpha value is -2.18. The van der Waals surface area contributed by atoms with Crippen molar-refractivity contribution in [2.45, 2.75) is 24.2 Å². The number of rotatable bonds is 8. The molecule has 0 saturated carbocycles. The number of hydrogen-bond acceptors (Lipinski definition) is 9. The molecular weight excluding hydrogens is 424 g/mol. The van der Waals surface area contributed by atoms with Crippen molar-refractivity contribution in [2.75, 3.05) is 28.7 Å². The van der Waals surface area contributed by atoms with Gasteiger partial charge in [0, 0.05) is 0 Å². The van der Waals surface area contributed by atoms with E-state index in [1.54, 1.807) is 24.3 Å². The zero-order chi connectivity index (χ0) is 20.9. The standard InChI is InChI=1S/C16H20N4O5S3/c1-10-5-7-12(8-6-10)20(28(4,23)24)11(2)14(22)17-15-18-19-16(27-15)26-9-13(21)25-3/h5-8,11H,9H2,1-4H3,(H,17,18,22).